The van der Waals surface area contributed by atoms with E-state index in [0.29, 0.717) is 5.69 Å². The minimum absolute atomic E-state index is 0.134. The number of esters is 1. The fourth-order valence-corrected chi connectivity index (χ4v) is 2.37. The normalized spacial score (nSPS) is 10.0. The third-order valence-electron chi connectivity index (χ3n) is 3.72. The molecule has 1 amide bonds. The van der Waals surface area contributed by atoms with Crippen LogP contribution in [0.3, 0.4) is 0 Å². The molecule has 0 saturated carbocycles. The summed E-state index contributed by atoms with van der Waals surface area (Å²) in [6, 6.07) is 12.3. The van der Waals surface area contributed by atoms with Crippen molar-refractivity contribution in [3.8, 4) is 11.5 Å². The Morgan fingerprint density at radius 2 is 1.54 bits per heavy atom. The molecule has 0 N–H and O–H groups in total. The maximum atomic E-state index is 12.4. The Kier molecular flexibility index (Phi) is 6.43. The highest BCUT2D eigenvalue weighted by Gasteiger charge is 2.24. The van der Waals surface area contributed by atoms with Crippen molar-refractivity contribution in [1.29, 1.82) is 0 Å². The topological polar surface area (TPSA) is 74.3 Å². The second-order valence-electron chi connectivity index (χ2n) is 5.32. The van der Waals surface area contributed by atoms with Crippen LogP contribution >= 0.6 is 0 Å². The molecule has 2 rings (SSSR count). The Balaban J connectivity index is 2.27. The van der Waals surface area contributed by atoms with Crippen molar-refractivity contribution in [2.24, 2.45) is 0 Å². The zero-order valence-corrected chi connectivity index (χ0v) is 15.1. The first-order chi connectivity index (χ1) is 12.5. The molecular formula is C19H21NO6. The standard InChI is InChI=1S/C19H21NO6/c1-20(19(22)26-12-13-8-6-5-7-9-13)17-15(23-2)10-14(18(21)25-4)11-16(17)24-3/h5-11H,12H2,1-4H3. The third kappa shape index (κ3) is 4.24. The van der Waals surface area contributed by atoms with E-state index in [1.807, 2.05) is 30.3 Å². The Morgan fingerprint density at radius 3 is 2.04 bits per heavy atom. The molecule has 2 aromatic rings. The highest BCUT2D eigenvalue weighted by molar-refractivity contribution is 5.96. The maximum Gasteiger partial charge on any atom is 0.414 e. The third-order valence-corrected chi connectivity index (χ3v) is 3.72. The quantitative estimate of drug-likeness (QED) is 0.737. The minimum atomic E-state index is -0.587. The molecular weight excluding hydrogens is 338 g/mol. The van der Waals surface area contributed by atoms with Gasteiger partial charge in [-0.1, -0.05) is 30.3 Å². The van der Waals surface area contributed by atoms with Crippen molar-refractivity contribution in [2.45, 2.75) is 6.61 Å². The lowest BCUT2D eigenvalue weighted by molar-refractivity contribution is 0.0600. The van der Waals surface area contributed by atoms with Crippen LogP contribution in [0.2, 0.25) is 0 Å². The summed E-state index contributed by atoms with van der Waals surface area (Å²) in [4.78, 5) is 25.5. The van der Waals surface area contributed by atoms with Gasteiger partial charge in [-0.25, -0.2) is 9.59 Å². The number of hydrogen-bond acceptors (Lipinski definition) is 6. The van der Waals surface area contributed by atoms with E-state index in [1.165, 1.54) is 45.4 Å². The second-order valence-corrected chi connectivity index (χ2v) is 5.32. The Morgan fingerprint density at radius 1 is 0.962 bits per heavy atom. The van der Waals surface area contributed by atoms with E-state index in [4.69, 9.17) is 18.9 Å². The van der Waals surface area contributed by atoms with Gasteiger partial charge < -0.3 is 18.9 Å². The predicted molar refractivity (Wildman–Crippen MR) is 95.9 cm³/mol. The van der Waals surface area contributed by atoms with Crippen LogP contribution in [0.25, 0.3) is 0 Å². The van der Waals surface area contributed by atoms with E-state index in [2.05, 4.69) is 0 Å². The van der Waals surface area contributed by atoms with E-state index in [-0.39, 0.29) is 23.7 Å². The maximum absolute atomic E-state index is 12.4. The van der Waals surface area contributed by atoms with Gasteiger partial charge in [-0.2, -0.15) is 0 Å². The fraction of sp³-hybridized carbons (Fsp3) is 0.263. The van der Waals surface area contributed by atoms with Crippen LogP contribution in [0.4, 0.5) is 10.5 Å². The first-order valence-corrected chi connectivity index (χ1v) is 7.80. The number of anilines is 1. The molecule has 7 nitrogen and oxygen atoms in total. The van der Waals surface area contributed by atoms with Crippen LogP contribution in [-0.2, 0) is 16.1 Å². The van der Waals surface area contributed by atoms with Gasteiger partial charge in [0.15, 0.2) is 0 Å². The van der Waals surface area contributed by atoms with E-state index in [0.717, 1.165) is 5.56 Å². The molecule has 0 saturated heterocycles. The molecule has 0 unspecified atom stereocenters. The van der Waals surface area contributed by atoms with Crippen molar-refractivity contribution < 1.29 is 28.5 Å². The molecule has 0 fully saturated rings. The van der Waals surface area contributed by atoms with Crippen molar-refractivity contribution >= 4 is 17.7 Å². The summed E-state index contributed by atoms with van der Waals surface area (Å²) in [5, 5.41) is 0. The summed E-state index contributed by atoms with van der Waals surface area (Å²) in [6.07, 6.45) is -0.587. The molecule has 0 aliphatic carbocycles. The molecule has 26 heavy (non-hydrogen) atoms. The van der Waals surface area contributed by atoms with Gasteiger partial charge in [-0.05, 0) is 17.7 Å². The van der Waals surface area contributed by atoms with Gasteiger partial charge in [-0.3, -0.25) is 4.90 Å². The van der Waals surface area contributed by atoms with E-state index in [9.17, 15) is 9.59 Å². The number of nitrogens with zero attached hydrogens (tertiary/aromatic N) is 1. The van der Waals surface area contributed by atoms with Gasteiger partial charge in [0.2, 0.25) is 0 Å². The molecule has 0 bridgehead atoms. The molecule has 2 aromatic carbocycles. The van der Waals surface area contributed by atoms with Gasteiger partial charge in [0.1, 0.15) is 23.8 Å². The predicted octanol–water partition coefficient (Wildman–Crippen LogP) is 3.26. The van der Waals surface area contributed by atoms with Gasteiger partial charge in [0, 0.05) is 7.05 Å². The number of carbonyl (C=O) groups is 2. The Labute approximate surface area is 152 Å². The van der Waals surface area contributed by atoms with Crippen LogP contribution in [0.1, 0.15) is 15.9 Å². The highest BCUT2D eigenvalue weighted by atomic mass is 16.6. The van der Waals surface area contributed by atoms with E-state index >= 15 is 0 Å². The largest absolute Gasteiger partial charge is 0.494 e. The van der Waals surface area contributed by atoms with Crippen molar-refractivity contribution in [3.05, 3.63) is 53.6 Å². The summed E-state index contributed by atoms with van der Waals surface area (Å²) in [7, 11) is 5.68. The zero-order chi connectivity index (χ0) is 19.1. The van der Waals surface area contributed by atoms with Crippen molar-refractivity contribution in [3.63, 3.8) is 0 Å². The van der Waals surface area contributed by atoms with Crippen LogP contribution in [0.15, 0.2) is 42.5 Å². The average Bonchev–Trinajstić information content (AvgIpc) is 2.70. The Bertz CT molecular complexity index is 750. The number of hydrogen-bond donors (Lipinski definition) is 0. The van der Waals surface area contributed by atoms with Gasteiger partial charge in [0.25, 0.3) is 0 Å². The zero-order valence-electron chi connectivity index (χ0n) is 15.1. The van der Waals surface area contributed by atoms with Crippen molar-refractivity contribution in [1.82, 2.24) is 0 Å². The molecule has 0 atom stereocenters. The molecule has 0 spiro atoms. The summed E-state index contributed by atoms with van der Waals surface area (Å²) >= 11 is 0. The summed E-state index contributed by atoms with van der Waals surface area (Å²) in [5.41, 5.74) is 1.46. The molecule has 0 aliphatic heterocycles. The lowest BCUT2D eigenvalue weighted by Gasteiger charge is -2.22. The van der Waals surface area contributed by atoms with Crippen molar-refractivity contribution in [2.75, 3.05) is 33.3 Å². The lowest BCUT2D eigenvalue weighted by atomic mass is 10.1. The van der Waals surface area contributed by atoms with Crippen LogP contribution < -0.4 is 14.4 Å². The molecule has 0 heterocycles. The van der Waals surface area contributed by atoms with Crippen LogP contribution in [0, 0.1) is 0 Å². The van der Waals surface area contributed by atoms with Gasteiger partial charge in [-0.15, -0.1) is 0 Å². The lowest BCUT2D eigenvalue weighted by Crippen LogP contribution is -2.28. The number of methoxy groups -OCH3 is 3. The van der Waals surface area contributed by atoms with E-state index < -0.39 is 12.1 Å². The SMILES string of the molecule is COC(=O)c1cc(OC)c(N(C)C(=O)OCc2ccccc2)c(OC)c1. The van der Waals surface area contributed by atoms with Crippen LogP contribution in [0.5, 0.6) is 11.5 Å². The fourth-order valence-electron chi connectivity index (χ4n) is 2.37. The monoisotopic (exact) mass is 359 g/mol. The number of benzene rings is 2. The molecule has 0 aromatic heterocycles. The smallest absolute Gasteiger partial charge is 0.414 e. The molecule has 0 radical (unpaired) electrons. The molecule has 0 aliphatic rings. The number of ether oxygens (including phenoxy) is 4. The number of rotatable bonds is 6. The second kappa shape index (κ2) is 8.75. The average molecular weight is 359 g/mol. The van der Waals surface area contributed by atoms with Crippen LogP contribution in [-0.4, -0.2) is 40.4 Å². The van der Waals surface area contributed by atoms with Gasteiger partial charge in [0.05, 0.1) is 26.9 Å². The summed E-state index contributed by atoms with van der Waals surface area (Å²) < 4.78 is 20.7. The first-order valence-electron chi connectivity index (χ1n) is 7.80. The summed E-state index contributed by atoms with van der Waals surface area (Å²) in [6.45, 7) is 0.134. The van der Waals surface area contributed by atoms with E-state index in [1.54, 1.807) is 0 Å². The summed E-state index contributed by atoms with van der Waals surface area (Å²) in [5.74, 6) is 0.0234. The molecule has 7 heteroatoms. The Hall–Kier alpha value is -3.22. The molecule has 138 valence electrons. The minimum Gasteiger partial charge on any atom is -0.494 e. The number of carbonyl (C=O) groups excluding carboxylic acids is 2. The highest BCUT2D eigenvalue weighted by Crippen LogP contribution is 2.39. The first kappa shape index (κ1) is 19.1. The number of amides is 1. The van der Waals surface area contributed by atoms with Gasteiger partial charge >= 0.3 is 12.1 Å².